The van der Waals surface area contributed by atoms with Gasteiger partial charge in [0.05, 0.1) is 32.0 Å². The van der Waals surface area contributed by atoms with Gasteiger partial charge in [-0.3, -0.25) is 28.2 Å². The minimum Gasteiger partial charge on any atom is -0.394 e. The standard InChI is InChI=1S/C37H72N5O13P/c1-5-6-7-8-9-10-11-12-13-14-15-16-17-18-22-52-56(50,51)53-23-21-40-31(45)20-19-29(35(39)47)42(36(48)27(3)38)24-26(2)54-34-32(41-28(4)44)37(49)55-30(25-43)33(34)46/h26-27,29-30,32-34,37,43,46,49H,5-25,38H2,1-4H3,(H2,39,47)(H,40,45)(H,41,44)(H,50,51)/t26?,27-,29+,30+,32+,33+,34+,37-/m0/s1. The van der Waals surface area contributed by atoms with Gasteiger partial charge in [0, 0.05) is 26.4 Å². The summed E-state index contributed by atoms with van der Waals surface area (Å²) in [5.74, 6) is -2.74. The highest BCUT2D eigenvalue weighted by molar-refractivity contribution is 7.47. The molecule has 0 bridgehead atoms. The first-order valence-electron chi connectivity index (χ1n) is 20.3. The average Bonchev–Trinajstić information content (AvgIpc) is 3.13. The van der Waals surface area contributed by atoms with Gasteiger partial charge in [-0.05, 0) is 26.7 Å². The number of phosphoric acid groups is 1. The van der Waals surface area contributed by atoms with Crippen molar-refractivity contribution in [1.29, 1.82) is 0 Å². The number of aliphatic hydroxyl groups excluding tert-OH is 3. The van der Waals surface area contributed by atoms with E-state index in [4.69, 9.17) is 30.0 Å². The second kappa shape index (κ2) is 29.0. The number of aliphatic hydroxyl groups is 3. The molecule has 1 rings (SSSR count). The van der Waals surface area contributed by atoms with Gasteiger partial charge in [-0.15, -0.1) is 0 Å². The molecule has 0 aromatic heterocycles. The van der Waals surface area contributed by atoms with Gasteiger partial charge in [0.25, 0.3) is 0 Å². The van der Waals surface area contributed by atoms with E-state index < -0.39 is 86.9 Å². The summed E-state index contributed by atoms with van der Waals surface area (Å²) in [5.41, 5.74) is 11.5. The van der Waals surface area contributed by atoms with Gasteiger partial charge < -0.3 is 56.7 Å². The zero-order chi connectivity index (χ0) is 42.1. The summed E-state index contributed by atoms with van der Waals surface area (Å²) in [6, 6.07) is -3.64. The van der Waals surface area contributed by atoms with E-state index in [1.165, 1.54) is 85.0 Å². The van der Waals surface area contributed by atoms with Crippen LogP contribution in [0.1, 0.15) is 130 Å². The Morgan fingerprint density at radius 1 is 0.893 bits per heavy atom. The monoisotopic (exact) mass is 825 g/mol. The van der Waals surface area contributed by atoms with E-state index in [2.05, 4.69) is 17.6 Å². The zero-order valence-corrected chi connectivity index (χ0v) is 34.9. The molecule has 2 unspecified atom stereocenters. The maximum absolute atomic E-state index is 13.2. The molecule has 18 nitrogen and oxygen atoms in total. The Morgan fingerprint density at radius 2 is 1.43 bits per heavy atom. The smallest absolute Gasteiger partial charge is 0.394 e. The highest BCUT2D eigenvalue weighted by Gasteiger charge is 2.46. The number of amides is 4. The molecule has 0 aliphatic carbocycles. The molecule has 1 aliphatic rings. The first kappa shape index (κ1) is 51.8. The maximum Gasteiger partial charge on any atom is 0.472 e. The Labute approximate surface area is 332 Å². The predicted octanol–water partition coefficient (Wildman–Crippen LogP) is 1.88. The van der Waals surface area contributed by atoms with Gasteiger partial charge in [0.2, 0.25) is 23.6 Å². The fraction of sp³-hybridized carbons (Fsp3) is 0.892. The Balaban J connectivity index is 2.50. The van der Waals surface area contributed by atoms with Gasteiger partial charge in [-0.25, -0.2) is 4.57 Å². The van der Waals surface area contributed by atoms with Gasteiger partial charge in [-0.2, -0.15) is 0 Å². The van der Waals surface area contributed by atoms with Gasteiger partial charge in [0.1, 0.15) is 30.4 Å². The first-order chi connectivity index (χ1) is 26.5. The lowest BCUT2D eigenvalue weighted by atomic mass is 9.96. The second-order valence-electron chi connectivity index (χ2n) is 14.7. The minimum absolute atomic E-state index is 0.0731. The van der Waals surface area contributed by atoms with Crippen LogP contribution in [-0.4, -0.2) is 130 Å². The molecule has 0 spiro atoms. The minimum atomic E-state index is -4.32. The molecule has 0 radical (unpaired) electrons. The van der Waals surface area contributed by atoms with Crippen LogP contribution in [0.4, 0.5) is 0 Å². The van der Waals surface area contributed by atoms with Crippen LogP contribution in [0.25, 0.3) is 0 Å². The van der Waals surface area contributed by atoms with E-state index in [0.29, 0.717) is 6.42 Å². The first-order valence-corrected chi connectivity index (χ1v) is 21.8. The number of rotatable bonds is 32. The van der Waals surface area contributed by atoms with E-state index in [0.717, 1.165) is 24.2 Å². The lowest BCUT2D eigenvalue weighted by Gasteiger charge is -2.44. The number of primary amides is 1. The average molecular weight is 826 g/mol. The van der Waals surface area contributed by atoms with Crippen LogP contribution in [0.3, 0.4) is 0 Å². The van der Waals surface area contributed by atoms with Crippen molar-refractivity contribution in [3.63, 3.8) is 0 Å². The number of carbonyl (C=O) groups is 4. The SMILES string of the molecule is CCCCCCCCCCCCCCCCOP(=O)(O)OCCNC(=O)CC[C@H](C(N)=O)N(CC(C)O[C@H]1[C@H](O)[C@@H](CO)O[C@H](O)[C@@H]1NC(C)=O)C(=O)[C@H](C)N. The number of ether oxygens (including phenoxy) is 2. The van der Waals surface area contributed by atoms with Crippen LogP contribution in [0.2, 0.25) is 0 Å². The Hall–Kier alpha value is -2.25. The molecule has 10 N–H and O–H groups in total. The van der Waals surface area contributed by atoms with Gasteiger partial charge >= 0.3 is 7.82 Å². The largest absolute Gasteiger partial charge is 0.472 e. The molecular formula is C37H72N5O13P. The van der Waals surface area contributed by atoms with E-state index in [9.17, 15) is 44.0 Å². The normalized spacial score (nSPS) is 22.4. The van der Waals surface area contributed by atoms with E-state index in [-0.39, 0.29) is 39.1 Å². The quantitative estimate of drug-likeness (QED) is 0.0355. The third-order valence-corrected chi connectivity index (χ3v) is 10.6. The number of hydrogen-bond acceptors (Lipinski definition) is 13. The summed E-state index contributed by atoms with van der Waals surface area (Å²) >= 11 is 0. The molecule has 0 aromatic rings. The molecule has 0 saturated carbocycles. The third kappa shape index (κ3) is 21.5. The number of hydrogen-bond donors (Lipinski definition) is 8. The summed E-state index contributed by atoms with van der Waals surface area (Å²) in [6.45, 7) is 4.97. The van der Waals surface area contributed by atoms with Crippen molar-refractivity contribution in [3.8, 4) is 0 Å². The number of nitrogens with zero attached hydrogens (tertiary/aromatic N) is 1. The lowest BCUT2D eigenvalue weighted by molar-refractivity contribution is -0.268. The molecule has 56 heavy (non-hydrogen) atoms. The van der Waals surface area contributed by atoms with Crippen LogP contribution < -0.4 is 22.1 Å². The molecule has 328 valence electrons. The van der Waals surface area contributed by atoms with Gasteiger partial charge in [0.15, 0.2) is 6.29 Å². The number of phosphoric ester groups is 1. The van der Waals surface area contributed by atoms with Crippen molar-refractivity contribution in [2.45, 2.75) is 179 Å². The van der Waals surface area contributed by atoms with Crippen LogP contribution in [0.15, 0.2) is 0 Å². The van der Waals surface area contributed by atoms with Crippen molar-refractivity contribution in [3.05, 3.63) is 0 Å². The zero-order valence-electron chi connectivity index (χ0n) is 34.0. The molecular weight excluding hydrogens is 753 g/mol. The molecule has 19 heteroatoms. The topological polar surface area (TPSA) is 283 Å². The molecule has 4 amide bonds. The molecule has 1 aliphatic heterocycles. The fourth-order valence-corrected chi connectivity index (χ4v) is 7.28. The van der Waals surface area contributed by atoms with E-state index in [1.54, 1.807) is 0 Å². The lowest BCUT2D eigenvalue weighted by Crippen LogP contribution is -2.65. The number of nitrogens with two attached hydrogens (primary N) is 2. The van der Waals surface area contributed by atoms with Crippen LogP contribution in [0.5, 0.6) is 0 Å². The van der Waals surface area contributed by atoms with Crippen molar-refractivity contribution < 1.29 is 62.5 Å². The maximum atomic E-state index is 13.2. The highest BCUT2D eigenvalue weighted by Crippen LogP contribution is 2.43. The second-order valence-corrected chi connectivity index (χ2v) is 16.1. The Bertz CT molecular complexity index is 1190. The fourth-order valence-electron chi connectivity index (χ4n) is 6.53. The number of unbranched alkanes of at least 4 members (excludes halogenated alkanes) is 13. The van der Waals surface area contributed by atoms with E-state index in [1.807, 2.05) is 0 Å². The summed E-state index contributed by atoms with van der Waals surface area (Å²) in [5, 5.41) is 35.8. The number of nitrogens with one attached hydrogen (secondary N) is 2. The van der Waals surface area contributed by atoms with E-state index >= 15 is 0 Å². The summed E-state index contributed by atoms with van der Waals surface area (Å²) in [4.78, 5) is 61.2. The molecule has 1 saturated heterocycles. The van der Waals surface area contributed by atoms with Crippen molar-refractivity contribution in [2.24, 2.45) is 11.5 Å². The highest BCUT2D eigenvalue weighted by atomic mass is 31.2. The third-order valence-electron chi connectivity index (χ3n) is 9.54. The van der Waals surface area contributed by atoms with Crippen LogP contribution >= 0.6 is 7.82 Å². The van der Waals surface area contributed by atoms with Gasteiger partial charge in [-0.1, -0.05) is 90.4 Å². The predicted molar refractivity (Wildman–Crippen MR) is 209 cm³/mol. The summed E-state index contributed by atoms with van der Waals surface area (Å²) in [6.07, 6.45) is 9.49. The van der Waals surface area contributed by atoms with Crippen molar-refractivity contribution >= 4 is 31.5 Å². The Kier molecular flexibility index (Phi) is 26.8. The molecule has 0 aromatic carbocycles. The van der Waals surface area contributed by atoms with Crippen molar-refractivity contribution in [1.82, 2.24) is 15.5 Å². The molecule has 1 fully saturated rings. The molecule has 1 heterocycles. The summed E-state index contributed by atoms with van der Waals surface area (Å²) in [7, 11) is -4.32. The van der Waals surface area contributed by atoms with Crippen LogP contribution in [-0.2, 0) is 42.3 Å². The Morgan fingerprint density at radius 3 is 1.93 bits per heavy atom. The summed E-state index contributed by atoms with van der Waals surface area (Å²) < 4.78 is 33.4. The van der Waals surface area contributed by atoms with Crippen LogP contribution in [0, 0.1) is 0 Å². The number of carbonyl (C=O) groups excluding carboxylic acids is 4. The van der Waals surface area contributed by atoms with Crippen molar-refractivity contribution in [2.75, 3.05) is 32.9 Å². The molecule has 9 atom stereocenters.